The fourth-order valence-electron chi connectivity index (χ4n) is 1.39. The van der Waals surface area contributed by atoms with Crippen LogP contribution in [0.5, 0.6) is 5.75 Å². The van der Waals surface area contributed by atoms with E-state index in [0.717, 1.165) is 5.56 Å². The van der Waals surface area contributed by atoms with Crippen molar-refractivity contribution >= 4 is 12.2 Å². The van der Waals surface area contributed by atoms with Crippen molar-refractivity contribution in [1.82, 2.24) is 0 Å². The molecule has 0 saturated carbocycles. The molecule has 0 bridgehead atoms. The third-order valence-corrected chi connectivity index (χ3v) is 2.22. The van der Waals surface area contributed by atoms with E-state index in [4.69, 9.17) is 14.2 Å². The van der Waals surface area contributed by atoms with Crippen molar-refractivity contribution in [3.63, 3.8) is 0 Å². The third-order valence-electron chi connectivity index (χ3n) is 2.22. The number of benzene rings is 1. The molecule has 0 aromatic heterocycles. The largest absolute Gasteiger partial charge is 0.517 e. The van der Waals surface area contributed by atoms with E-state index < -0.39 is 12.4 Å². The fourth-order valence-corrected chi connectivity index (χ4v) is 1.39. The van der Waals surface area contributed by atoms with Gasteiger partial charge in [-0.1, -0.05) is 36.9 Å². The average Bonchev–Trinajstić information content (AvgIpc) is 2.40. The van der Waals surface area contributed by atoms with Crippen LogP contribution in [-0.2, 0) is 9.47 Å². The Kier molecular flexibility index (Phi) is 3.81. The molecule has 1 aromatic carbocycles. The Morgan fingerprint density at radius 2 is 2.17 bits per heavy atom. The topological polar surface area (TPSA) is 44.8 Å². The van der Waals surface area contributed by atoms with Crippen LogP contribution in [0.25, 0.3) is 6.08 Å². The zero-order valence-electron chi connectivity index (χ0n) is 9.61. The highest BCUT2D eigenvalue weighted by Gasteiger charge is 2.15. The Labute approximate surface area is 105 Å². The van der Waals surface area contributed by atoms with Gasteiger partial charge in [0.15, 0.2) is 0 Å². The number of hydrogen-bond acceptors (Lipinski definition) is 4. The molecule has 4 nitrogen and oxygen atoms in total. The van der Waals surface area contributed by atoms with Crippen LogP contribution in [0.15, 0.2) is 55.3 Å². The molecule has 0 aliphatic carbocycles. The van der Waals surface area contributed by atoms with E-state index in [-0.39, 0.29) is 0 Å². The normalized spacial score (nSPS) is 16.8. The second-order valence-corrected chi connectivity index (χ2v) is 3.43. The summed E-state index contributed by atoms with van der Waals surface area (Å²) in [6.07, 6.45) is 6.48. The molecule has 0 fully saturated rings. The fraction of sp³-hybridized carbons (Fsp3) is 0.0714. The Morgan fingerprint density at radius 3 is 2.89 bits per heavy atom. The van der Waals surface area contributed by atoms with Gasteiger partial charge in [0.25, 0.3) is 6.29 Å². The first kappa shape index (κ1) is 12.0. The summed E-state index contributed by atoms with van der Waals surface area (Å²) in [6.45, 7) is 3.64. The van der Waals surface area contributed by atoms with Crippen LogP contribution in [0, 0.1) is 0 Å². The minimum absolute atomic E-state index is 0.396. The number of ether oxygens (including phenoxy) is 3. The molecule has 0 saturated heterocycles. The van der Waals surface area contributed by atoms with E-state index in [1.165, 1.54) is 6.26 Å². The van der Waals surface area contributed by atoms with Gasteiger partial charge in [0.05, 0.1) is 6.26 Å². The first-order valence-corrected chi connectivity index (χ1v) is 5.38. The molecule has 0 spiro atoms. The molecule has 0 radical (unpaired) electrons. The summed E-state index contributed by atoms with van der Waals surface area (Å²) in [7, 11) is 0. The molecule has 1 heterocycles. The highest BCUT2D eigenvalue weighted by Crippen LogP contribution is 2.19. The Balaban J connectivity index is 1.96. The van der Waals surface area contributed by atoms with Gasteiger partial charge in [0, 0.05) is 5.56 Å². The van der Waals surface area contributed by atoms with Gasteiger partial charge in [0.2, 0.25) is 0 Å². The van der Waals surface area contributed by atoms with Crippen molar-refractivity contribution in [3.05, 3.63) is 60.9 Å². The predicted octanol–water partition coefficient (Wildman–Crippen LogP) is 3.27. The van der Waals surface area contributed by atoms with E-state index in [1.807, 2.05) is 6.07 Å². The van der Waals surface area contributed by atoms with Crippen molar-refractivity contribution in [2.24, 2.45) is 0 Å². The highest BCUT2D eigenvalue weighted by atomic mass is 16.8. The molecule has 0 N–H and O–H groups in total. The van der Waals surface area contributed by atoms with E-state index in [1.54, 1.807) is 42.5 Å². The molecule has 92 valence electrons. The predicted molar refractivity (Wildman–Crippen MR) is 66.8 cm³/mol. The lowest BCUT2D eigenvalue weighted by molar-refractivity contribution is -0.0451. The van der Waals surface area contributed by atoms with Crippen LogP contribution < -0.4 is 4.74 Å². The maximum Gasteiger partial charge on any atom is 0.517 e. The maximum absolute atomic E-state index is 11.5. The van der Waals surface area contributed by atoms with Gasteiger partial charge in [-0.25, -0.2) is 4.79 Å². The summed E-state index contributed by atoms with van der Waals surface area (Å²) in [5.74, 6) is 0.396. The lowest BCUT2D eigenvalue weighted by Gasteiger charge is -2.15. The maximum atomic E-state index is 11.5. The minimum atomic E-state index is -0.825. The number of allylic oxidation sites excluding steroid dienone is 2. The quantitative estimate of drug-likeness (QED) is 0.604. The number of carbonyl (C=O) groups is 1. The van der Waals surface area contributed by atoms with Gasteiger partial charge in [-0.05, 0) is 18.2 Å². The van der Waals surface area contributed by atoms with E-state index >= 15 is 0 Å². The van der Waals surface area contributed by atoms with Crippen LogP contribution in [0.2, 0.25) is 0 Å². The number of rotatable bonds is 3. The standard InChI is InChI=1S/C14H12O4/c1-2-11-7-3-4-8-12(11)17-14(15)18-13-9-5-6-10-16-13/h2-10,13H,1H2. The molecule has 1 aliphatic heterocycles. The summed E-state index contributed by atoms with van der Waals surface area (Å²) in [4.78, 5) is 11.5. The van der Waals surface area contributed by atoms with E-state index in [9.17, 15) is 4.79 Å². The molecule has 1 atom stereocenters. The Morgan fingerprint density at radius 1 is 1.33 bits per heavy atom. The van der Waals surface area contributed by atoms with E-state index in [0.29, 0.717) is 5.75 Å². The first-order chi connectivity index (χ1) is 8.79. The van der Waals surface area contributed by atoms with Gasteiger partial charge in [0.1, 0.15) is 5.75 Å². The summed E-state index contributed by atoms with van der Waals surface area (Å²) in [5, 5.41) is 0. The molecule has 18 heavy (non-hydrogen) atoms. The highest BCUT2D eigenvalue weighted by molar-refractivity contribution is 5.67. The van der Waals surface area contributed by atoms with Crippen molar-refractivity contribution in [1.29, 1.82) is 0 Å². The van der Waals surface area contributed by atoms with Crippen molar-refractivity contribution < 1.29 is 19.0 Å². The van der Waals surface area contributed by atoms with Crippen LogP contribution in [0.4, 0.5) is 4.79 Å². The van der Waals surface area contributed by atoms with Crippen molar-refractivity contribution in [2.75, 3.05) is 0 Å². The zero-order valence-corrected chi connectivity index (χ0v) is 9.61. The zero-order chi connectivity index (χ0) is 12.8. The van der Waals surface area contributed by atoms with Crippen LogP contribution in [0.3, 0.4) is 0 Å². The summed E-state index contributed by atoms with van der Waals surface area (Å²) in [6, 6.07) is 7.04. The number of hydrogen-bond donors (Lipinski definition) is 0. The SMILES string of the molecule is C=Cc1ccccc1OC(=O)OC1C=CC=CO1. The Hall–Kier alpha value is -2.49. The second kappa shape index (κ2) is 5.72. The van der Waals surface area contributed by atoms with Crippen molar-refractivity contribution in [2.45, 2.75) is 6.29 Å². The smallest absolute Gasteiger partial charge is 0.459 e. The molecular weight excluding hydrogens is 232 g/mol. The lowest BCUT2D eigenvalue weighted by atomic mass is 10.2. The first-order valence-electron chi connectivity index (χ1n) is 5.38. The summed E-state index contributed by atoms with van der Waals surface area (Å²) in [5.41, 5.74) is 0.717. The lowest BCUT2D eigenvalue weighted by Crippen LogP contribution is -2.21. The number of carbonyl (C=O) groups excluding carboxylic acids is 1. The summed E-state index contributed by atoms with van der Waals surface area (Å²) < 4.78 is 15.0. The van der Waals surface area contributed by atoms with Gasteiger partial charge < -0.3 is 14.2 Å². The van der Waals surface area contributed by atoms with Gasteiger partial charge in [-0.3, -0.25) is 0 Å². The molecule has 2 rings (SSSR count). The van der Waals surface area contributed by atoms with Gasteiger partial charge in [-0.2, -0.15) is 0 Å². The minimum Gasteiger partial charge on any atom is -0.459 e. The van der Waals surface area contributed by atoms with Crippen LogP contribution >= 0.6 is 0 Å². The third kappa shape index (κ3) is 3.01. The molecule has 1 aromatic rings. The average molecular weight is 244 g/mol. The van der Waals surface area contributed by atoms with Crippen LogP contribution in [-0.4, -0.2) is 12.4 Å². The van der Waals surface area contributed by atoms with Crippen molar-refractivity contribution in [3.8, 4) is 5.75 Å². The summed E-state index contributed by atoms with van der Waals surface area (Å²) >= 11 is 0. The number of para-hydroxylation sites is 1. The molecule has 1 unspecified atom stereocenters. The monoisotopic (exact) mass is 244 g/mol. The molecule has 0 amide bonds. The second-order valence-electron chi connectivity index (χ2n) is 3.43. The van der Waals surface area contributed by atoms with Gasteiger partial charge >= 0.3 is 6.16 Å². The van der Waals surface area contributed by atoms with Gasteiger partial charge in [-0.15, -0.1) is 0 Å². The molecular formula is C14H12O4. The molecule has 1 aliphatic rings. The van der Waals surface area contributed by atoms with E-state index in [2.05, 4.69) is 6.58 Å². The van der Waals surface area contributed by atoms with Crippen LogP contribution in [0.1, 0.15) is 5.56 Å². The molecule has 4 heteroatoms. The Bertz CT molecular complexity index is 502.